The highest BCUT2D eigenvalue weighted by Gasteiger charge is 2.11. The van der Waals surface area contributed by atoms with E-state index in [1.54, 1.807) is 39.7 Å². The maximum atomic E-state index is 5.33. The number of nitrogens with one attached hydrogen (secondary N) is 2. The molecule has 0 aliphatic carbocycles. The molecule has 0 aliphatic heterocycles. The van der Waals surface area contributed by atoms with Crippen molar-refractivity contribution in [2.24, 2.45) is 5.10 Å². The number of benzene rings is 1. The maximum absolute atomic E-state index is 5.33. The Morgan fingerprint density at radius 1 is 1.00 bits per heavy atom. The quantitative estimate of drug-likeness (QED) is 0.652. The minimum Gasteiger partial charge on any atom is -0.496 e. The topological polar surface area (TPSA) is 76.6 Å². The van der Waals surface area contributed by atoms with Crippen LogP contribution in [0.4, 0.5) is 0 Å². The lowest BCUT2D eigenvalue weighted by Gasteiger charge is -2.11. The van der Waals surface area contributed by atoms with Crippen LogP contribution >= 0.6 is 24.4 Å². The SMILES string of the molecule is COc1cc(OC)c(C=Nn2c(=S)[nH][nH]c2=S)c(OC)c1. The summed E-state index contributed by atoms with van der Waals surface area (Å²) in [5, 5.41) is 9.63. The molecule has 0 atom stereocenters. The molecule has 0 saturated heterocycles. The van der Waals surface area contributed by atoms with Crippen LogP contribution in [0.15, 0.2) is 17.2 Å². The lowest BCUT2D eigenvalue weighted by molar-refractivity contribution is 0.374. The minimum absolute atomic E-state index is 0.364. The summed E-state index contributed by atoms with van der Waals surface area (Å²) in [5.41, 5.74) is 0.651. The van der Waals surface area contributed by atoms with E-state index in [2.05, 4.69) is 15.3 Å². The van der Waals surface area contributed by atoms with Gasteiger partial charge < -0.3 is 14.2 Å². The van der Waals surface area contributed by atoms with Gasteiger partial charge in [0.25, 0.3) is 0 Å². The van der Waals surface area contributed by atoms with E-state index in [1.807, 2.05) is 0 Å². The number of aromatic amines is 2. The molecule has 7 nitrogen and oxygen atoms in total. The van der Waals surface area contributed by atoms with Crippen molar-refractivity contribution in [2.45, 2.75) is 0 Å². The molecule has 0 amide bonds. The van der Waals surface area contributed by atoms with Crippen LogP contribution in [0.1, 0.15) is 5.56 Å². The van der Waals surface area contributed by atoms with Crippen molar-refractivity contribution in [1.29, 1.82) is 0 Å². The molecule has 112 valence electrons. The van der Waals surface area contributed by atoms with Gasteiger partial charge in [-0.2, -0.15) is 9.78 Å². The van der Waals surface area contributed by atoms with Gasteiger partial charge in [0.2, 0.25) is 9.54 Å². The third kappa shape index (κ3) is 3.14. The van der Waals surface area contributed by atoms with Crippen LogP contribution in [0, 0.1) is 9.54 Å². The number of rotatable bonds is 5. The van der Waals surface area contributed by atoms with Crippen molar-refractivity contribution < 1.29 is 14.2 Å². The summed E-state index contributed by atoms with van der Waals surface area (Å²) in [4.78, 5) is 0. The summed E-state index contributed by atoms with van der Waals surface area (Å²) < 4.78 is 18.0. The van der Waals surface area contributed by atoms with Gasteiger partial charge in [-0.15, -0.1) is 0 Å². The van der Waals surface area contributed by atoms with Crippen LogP contribution in [0.3, 0.4) is 0 Å². The van der Waals surface area contributed by atoms with Crippen LogP contribution in [0.2, 0.25) is 0 Å². The zero-order chi connectivity index (χ0) is 15.4. The Kier molecular flexibility index (Phi) is 4.76. The molecule has 0 fully saturated rings. The van der Waals surface area contributed by atoms with Gasteiger partial charge in [-0.1, -0.05) is 0 Å². The zero-order valence-electron chi connectivity index (χ0n) is 11.7. The van der Waals surface area contributed by atoms with E-state index in [1.165, 1.54) is 4.68 Å². The fraction of sp³-hybridized carbons (Fsp3) is 0.250. The molecule has 0 saturated carbocycles. The Morgan fingerprint density at radius 3 is 1.95 bits per heavy atom. The van der Waals surface area contributed by atoms with E-state index in [0.29, 0.717) is 32.4 Å². The van der Waals surface area contributed by atoms with Crippen molar-refractivity contribution in [3.05, 3.63) is 27.2 Å². The number of hydrogen-bond acceptors (Lipinski definition) is 6. The fourth-order valence-electron chi connectivity index (χ4n) is 1.69. The van der Waals surface area contributed by atoms with E-state index < -0.39 is 0 Å². The highest BCUT2D eigenvalue weighted by atomic mass is 32.1. The molecule has 0 unspecified atom stereocenters. The van der Waals surface area contributed by atoms with Crippen molar-refractivity contribution in [2.75, 3.05) is 21.3 Å². The third-order valence-electron chi connectivity index (χ3n) is 2.72. The molecule has 9 heteroatoms. The Hall–Kier alpha value is -2.13. The minimum atomic E-state index is 0.364. The van der Waals surface area contributed by atoms with Crippen molar-refractivity contribution in [3.63, 3.8) is 0 Å². The maximum Gasteiger partial charge on any atom is 0.215 e. The van der Waals surface area contributed by atoms with E-state index in [-0.39, 0.29) is 0 Å². The second-order valence-electron chi connectivity index (χ2n) is 3.86. The molecule has 1 aromatic heterocycles. The zero-order valence-corrected chi connectivity index (χ0v) is 13.3. The van der Waals surface area contributed by atoms with Crippen molar-refractivity contribution in [1.82, 2.24) is 14.9 Å². The lowest BCUT2D eigenvalue weighted by atomic mass is 10.2. The third-order valence-corrected chi connectivity index (χ3v) is 3.27. The molecule has 21 heavy (non-hydrogen) atoms. The van der Waals surface area contributed by atoms with Gasteiger partial charge in [-0.3, -0.25) is 10.2 Å². The van der Waals surface area contributed by atoms with E-state index in [0.717, 1.165) is 0 Å². The molecule has 1 heterocycles. The standard InChI is InChI=1S/C12H14N4O3S2/c1-17-7-4-9(18-2)8(10(5-7)19-3)6-13-16-11(20)14-15-12(16)21/h4-6H,1-3H3,(H,14,20)(H,15,21). The highest BCUT2D eigenvalue weighted by Crippen LogP contribution is 2.32. The van der Waals surface area contributed by atoms with Crippen molar-refractivity contribution >= 4 is 30.7 Å². The number of aromatic nitrogens is 3. The lowest BCUT2D eigenvalue weighted by Crippen LogP contribution is -1.99. The fourth-order valence-corrected chi connectivity index (χ4v) is 2.12. The molecule has 2 aromatic rings. The predicted molar refractivity (Wildman–Crippen MR) is 83.9 cm³/mol. The number of hydrogen-bond donors (Lipinski definition) is 2. The second-order valence-corrected chi connectivity index (χ2v) is 4.64. The summed E-state index contributed by atoms with van der Waals surface area (Å²) in [6.07, 6.45) is 1.56. The average molecular weight is 326 g/mol. The summed E-state index contributed by atoms with van der Waals surface area (Å²) in [6, 6.07) is 3.47. The number of nitrogens with zero attached hydrogens (tertiary/aromatic N) is 2. The number of ether oxygens (including phenoxy) is 3. The molecular weight excluding hydrogens is 312 g/mol. The second kappa shape index (κ2) is 6.55. The van der Waals surface area contributed by atoms with Crippen LogP contribution in [0.5, 0.6) is 17.2 Å². The molecular formula is C12H14N4O3S2. The van der Waals surface area contributed by atoms with Gasteiger partial charge in [0.15, 0.2) is 0 Å². The monoisotopic (exact) mass is 326 g/mol. The Balaban J connectivity index is 2.53. The van der Waals surface area contributed by atoms with Gasteiger partial charge >= 0.3 is 0 Å². The average Bonchev–Trinajstić information content (AvgIpc) is 2.83. The van der Waals surface area contributed by atoms with E-state index in [9.17, 15) is 0 Å². The van der Waals surface area contributed by atoms with E-state index >= 15 is 0 Å². The van der Waals surface area contributed by atoms with Gasteiger partial charge in [0, 0.05) is 12.1 Å². The summed E-state index contributed by atoms with van der Waals surface area (Å²) >= 11 is 10.1. The number of H-pyrrole nitrogens is 2. The van der Waals surface area contributed by atoms with Gasteiger partial charge in [-0.05, 0) is 24.4 Å². The van der Waals surface area contributed by atoms with Gasteiger partial charge in [0.05, 0.1) is 33.1 Å². The Bertz CT molecular complexity index is 723. The van der Waals surface area contributed by atoms with Crippen molar-refractivity contribution in [3.8, 4) is 17.2 Å². The smallest absolute Gasteiger partial charge is 0.215 e. The predicted octanol–water partition coefficient (Wildman–Crippen LogP) is 2.51. The van der Waals surface area contributed by atoms with E-state index in [4.69, 9.17) is 38.6 Å². The molecule has 0 aliphatic rings. The van der Waals surface area contributed by atoms with Gasteiger partial charge in [-0.25, -0.2) is 0 Å². The molecule has 0 bridgehead atoms. The first-order valence-electron chi connectivity index (χ1n) is 5.84. The molecule has 0 radical (unpaired) electrons. The Labute approximate surface area is 131 Å². The molecule has 0 spiro atoms. The Morgan fingerprint density at radius 2 is 1.52 bits per heavy atom. The van der Waals surface area contributed by atoms with Gasteiger partial charge in [0.1, 0.15) is 17.2 Å². The van der Waals surface area contributed by atoms with Crippen LogP contribution < -0.4 is 14.2 Å². The van der Waals surface area contributed by atoms with Crippen LogP contribution in [-0.4, -0.2) is 42.4 Å². The first kappa shape index (κ1) is 15.3. The highest BCUT2D eigenvalue weighted by molar-refractivity contribution is 7.72. The molecule has 2 rings (SSSR count). The summed E-state index contributed by atoms with van der Waals surface area (Å²) in [5.74, 6) is 1.75. The largest absolute Gasteiger partial charge is 0.496 e. The van der Waals surface area contributed by atoms with Crippen LogP contribution in [-0.2, 0) is 0 Å². The first-order chi connectivity index (χ1) is 10.1. The van der Waals surface area contributed by atoms with Crippen LogP contribution in [0.25, 0.3) is 0 Å². The normalized spacial score (nSPS) is 10.8. The molecule has 1 aromatic carbocycles. The summed E-state index contributed by atoms with van der Waals surface area (Å²) in [7, 11) is 4.68. The first-order valence-corrected chi connectivity index (χ1v) is 6.66. The number of methoxy groups -OCH3 is 3. The molecule has 2 N–H and O–H groups in total. The summed E-state index contributed by atoms with van der Waals surface area (Å²) in [6.45, 7) is 0.